The maximum Gasteiger partial charge on any atom is 0.00638 e. The molecule has 0 radical (unpaired) electrons. The Labute approximate surface area is 111 Å². The topological polar surface area (TPSA) is 0 Å². The Morgan fingerprint density at radius 1 is 0.944 bits per heavy atom. The molecule has 0 saturated carbocycles. The van der Waals surface area contributed by atoms with Crippen molar-refractivity contribution >= 4 is 0 Å². The van der Waals surface area contributed by atoms with Crippen LogP contribution < -0.4 is 0 Å². The van der Waals surface area contributed by atoms with E-state index in [0.29, 0.717) is 5.92 Å². The maximum absolute atomic E-state index is 2.31. The second kappa shape index (κ2) is 5.86. The van der Waals surface area contributed by atoms with E-state index in [0.717, 1.165) is 0 Å². The summed E-state index contributed by atoms with van der Waals surface area (Å²) in [4.78, 5) is 0. The van der Waals surface area contributed by atoms with Crippen molar-refractivity contribution in [3.8, 4) is 0 Å². The van der Waals surface area contributed by atoms with E-state index in [1.165, 1.54) is 35.1 Å². The van der Waals surface area contributed by atoms with E-state index in [-0.39, 0.29) is 0 Å². The van der Waals surface area contributed by atoms with Crippen LogP contribution in [0.5, 0.6) is 0 Å². The van der Waals surface area contributed by atoms with Crippen LogP contribution in [0.25, 0.3) is 0 Å². The molecule has 0 spiro atoms. The normalized spacial score (nSPS) is 12.4. The van der Waals surface area contributed by atoms with Crippen LogP contribution in [0.4, 0.5) is 0 Å². The second-order valence-electron chi connectivity index (χ2n) is 5.03. The van der Waals surface area contributed by atoms with Gasteiger partial charge < -0.3 is 0 Å². The number of hydrogen-bond acceptors (Lipinski definition) is 0. The minimum Gasteiger partial charge on any atom is -0.0651 e. The van der Waals surface area contributed by atoms with Crippen LogP contribution >= 0.6 is 0 Å². The van der Waals surface area contributed by atoms with Crippen molar-refractivity contribution in [2.75, 3.05) is 0 Å². The van der Waals surface area contributed by atoms with Gasteiger partial charge in [0.25, 0.3) is 0 Å². The fraction of sp³-hybridized carbons (Fsp3) is 0.333. The Bertz CT molecular complexity index is 497. The first-order valence-corrected chi connectivity index (χ1v) is 6.87. The Kier molecular flexibility index (Phi) is 4.19. The van der Waals surface area contributed by atoms with Crippen LogP contribution in [-0.2, 0) is 6.42 Å². The average molecular weight is 238 g/mol. The molecule has 0 aromatic heterocycles. The highest BCUT2D eigenvalue weighted by Gasteiger charge is 2.13. The molecule has 0 aliphatic carbocycles. The van der Waals surface area contributed by atoms with E-state index in [1.807, 2.05) is 0 Å². The molecule has 94 valence electrons. The van der Waals surface area contributed by atoms with Crippen molar-refractivity contribution in [3.63, 3.8) is 0 Å². The Hall–Kier alpha value is -1.56. The summed E-state index contributed by atoms with van der Waals surface area (Å²) in [5, 5.41) is 0. The Morgan fingerprint density at radius 2 is 1.67 bits per heavy atom. The molecule has 0 fully saturated rings. The molecule has 2 aromatic rings. The van der Waals surface area contributed by atoms with Crippen LogP contribution in [0.2, 0.25) is 0 Å². The fourth-order valence-corrected chi connectivity index (χ4v) is 2.64. The summed E-state index contributed by atoms with van der Waals surface area (Å²) in [5.74, 6) is 0.479. The van der Waals surface area contributed by atoms with Gasteiger partial charge in [0, 0.05) is 5.92 Å². The lowest BCUT2D eigenvalue weighted by Crippen LogP contribution is -2.03. The second-order valence-corrected chi connectivity index (χ2v) is 5.03. The van der Waals surface area contributed by atoms with Gasteiger partial charge in [-0.15, -0.1) is 0 Å². The van der Waals surface area contributed by atoms with Crippen LogP contribution in [0.3, 0.4) is 0 Å². The lowest BCUT2D eigenvalue weighted by molar-refractivity contribution is 0.845. The van der Waals surface area contributed by atoms with Gasteiger partial charge in [0.05, 0.1) is 0 Å². The van der Waals surface area contributed by atoms with E-state index in [1.54, 1.807) is 0 Å². The van der Waals surface area contributed by atoms with E-state index >= 15 is 0 Å². The summed E-state index contributed by atoms with van der Waals surface area (Å²) in [6.07, 6.45) is 2.39. The largest absolute Gasteiger partial charge is 0.0651 e. The molecule has 0 N–H and O–H groups in total. The summed E-state index contributed by atoms with van der Waals surface area (Å²) in [6.45, 7) is 6.79. The molecule has 0 nitrogen and oxygen atoms in total. The van der Waals surface area contributed by atoms with Crippen molar-refractivity contribution in [2.24, 2.45) is 0 Å². The zero-order chi connectivity index (χ0) is 13.0. The Balaban J connectivity index is 2.41. The number of benzene rings is 2. The Morgan fingerprint density at radius 3 is 2.33 bits per heavy atom. The van der Waals surface area contributed by atoms with Crippen molar-refractivity contribution < 1.29 is 0 Å². The molecule has 2 aromatic carbocycles. The van der Waals surface area contributed by atoms with Crippen molar-refractivity contribution in [3.05, 3.63) is 70.8 Å². The van der Waals surface area contributed by atoms with Crippen LogP contribution in [0.15, 0.2) is 48.5 Å². The van der Waals surface area contributed by atoms with E-state index in [9.17, 15) is 0 Å². The summed E-state index contributed by atoms with van der Waals surface area (Å²) in [5.41, 5.74) is 5.86. The number of hydrogen-bond donors (Lipinski definition) is 0. The van der Waals surface area contributed by atoms with Gasteiger partial charge in [0.15, 0.2) is 0 Å². The van der Waals surface area contributed by atoms with Crippen molar-refractivity contribution in [2.45, 2.75) is 39.5 Å². The third-order valence-corrected chi connectivity index (χ3v) is 3.71. The highest BCUT2D eigenvalue weighted by Crippen LogP contribution is 2.29. The summed E-state index contributed by atoms with van der Waals surface area (Å²) < 4.78 is 0. The van der Waals surface area contributed by atoms with Crippen molar-refractivity contribution in [1.29, 1.82) is 0 Å². The molecule has 0 amide bonds. The van der Waals surface area contributed by atoms with Gasteiger partial charge in [-0.2, -0.15) is 0 Å². The summed E-state index contributed by atoms with van der Waals surface area (Å²) in [7, 11) is 0. The molecule has 1 unspecified atom stereocenters. The molecule has 18 heavy (non-hydrogen) atoms. The molecule has 0 bridgehead atoms. The maximum atomic E-state index is 2.31. The molecule has 0 heteroatoms. The average Bonchev–Trinajstić information content (AvgIpc) is 2.41. The predicted octanol–water partition coefficient (Wildman–Crippen LogP) is 5.10. The molecule has 0 saturated heterocycles. The zero-order valence-corrected chi connectivity index (χ0v) is 11.6. The van der Waals surface area contributed by atoms with Gasteiger partial charge in [0.1, 0.15) is 0 Å². The molecule has 0 aliphatic heterocycles. The lowest BCUT2D eigenvalue weighted by Gasteiger charge is -2.18. The van der Waals surface area contributed by atoms with Gasteiger partial charge in [-0.1, -0.05) is 68.8 Å². The zero-order valence-electron chi connectivity index (χ0n) is 11.6. The SMILES string of the molecule is CCCc1c(C)cccc1C(C)c1ccccc1. The number of rotatable bonds is 4. The van der Waals surface area contributed by atoms with Gasteiger partial charge >= 0.3 is 0 Å². The molecule has 2 rings (SSSR count). The molecule has 0 heterocycles. The third kappa shape index (κ3) is 2.64. The molecular formula is C18H22. The first-order valence-electron chi connectivity index (χ1n) is 6.87. The quantitative estimate of drug-likeness (QED) is 0.695. The number of aryl methyl sites for hydroxylation is 1. The van der Waals surface area contributed by atoms with Crippen LogP contribution in [-0.4, -0.2) is 0 Å². The minimum atomic E-state index is 0.479. The van der Waals surface area contributed by atoms with Crippen LogP contribution in [0, 0.1) is 6.92 Å². The molecular weight excluding hydrogens is 216 g/mol. The first kappa shape index (κ1) is 12.9. The van der Waals surface area contributed by atoms with Gasteiger partial charge in [-0.25, -0.2) is 0 Å². The monoisotopic (exact) mass is 238 g/mol. The van der Waals surface area contributed by atoms with Crippen LogP contribution in [0.1, 0.15) is 48.4 Å². The van der Waals surface area contributed by atoms with Gasteiger partial charge in [-0.3, -0.25) is 0 Å². The van der Waals surface area contributed by atoms with Gasteiger partial charge in [0.2, 0.25) is 0 Å². The highest BCUT2D eigenvalue weighted by molar-refractivity contribution is 5.41. The minimum absolute atomic E-state index is 0.479. The molecule has 0 aliphatic rings. The first-order chi connectivity index (χ1) is 8.74. The fourth-order valence-electron chi connectivity index (χ4n) is 2.64. The van der Waals surface area contributed by atoms with E-state index in [2.05, 4.69) is 69.3 Å². The summed E-state index contributed by atoms with van der Waals surface area (Å²) >= 11 is 0. The van der Waals surface area contributed by atoms with Gasteiger partial charge in [-0.05, 0) is 35.6 Å². The molecule has 1 atom stereocenters. The predicted molar refractivity (Wildman–Crippen MR) is 79.1 cm³/mol. The third-order valence-electron chi connectivity index (χ3n) is 3.71. The standard InChI is InChI=1S/C18H22/c1-4-9-17-14(2)10-8-13-18(17)15(3)16-11-6-5-7-12-16/h5-8,10-13,15H,4,9H2,1-3H3. The van der Waals surface area contributed by atoms with E-state index < -0.39 is 0 Å². The lowest BCUT2D eigenvalue weighted by atomic mass is 9.86. The summed E-state index contributed by atoms with van der Waals surface area (Å²) in [6, 6.07) is 17.5. The smallest absolute Gasteiger partial charge is 0.00638 e. The van der Waals surface area contributed by atoms with Crippen molar-refractivity contribution in [1.82, 2.24) is 0 Å². The van der Waals surface area contributed by atoms with E-state index in [4.69, 9.17) is 0 Å². The highest BCUT2D eigenvalue weighted by atomic mass is 14.2.